The van der Waals surface area contributed by atoms with Crippen LogP contribution in [0, 0.1) is 10.1 Å². The van der Waals surface area contributed by atoms with Crippen LogP contribution in [-0.4, -0.2) is 30.8 Å². The number of methoxy groups -OCH3 is 3. The first-order chi connectivity index (χ1) is 19.4. The molecule has 3 aromatic carbocycles. The number of ether oxygens (including phenoxy) is 3. The maximum atomic E-state index is 14.0. The highest BCUT2D eigenvalue weighted by molar-refractivity contribution is 7.07. The third-order valence-electron chi connectivity index (χ3n) is 7.32. The van der Waals surface area contributed by atoms with E-state index in [0.29, 0.717) is 15.1 Å². The van der Waals surface area contributed by atoms with Crippen molar-refractivity contribution in [1.82, 2.24) is 4.57 Å². The minimum Gasteiger partial charge on any atom is -0.497 e. The zero-order valence-corrected chi connectivity index (χ0v) is 22.9. The number of hydrogen-bond acceptors (Lipinski definition) is 8. The number of nitro benzene ring substituents is 1. The zero-order valence-electron chi connectivity index (χ0n) is 22.0. The molecule has 1 atom stereocenters. The Balaban J connectivity index is 1.61. The SMILES string of the molecule is COc1ccc([C@H]2C3=C(N=c4s/c(=C\c5cc(OC)c(OC)cc5[N+](=O)[O-])c(=O)n42)c2ccccc2CC3)cc1. The van der Waals surface area contributed by atoms with Crippen LogP contribution in [0.2, 0.25) is 0 Å². The van der Waals surface area contributed by atoms with Crippen molar-refractivity contribution < 1.29 is 19.1 Å². The summed E-state index contributed by atoms with van der Waals surface area (Å²) in [7, 11) is 4.49. The Morgan fingerprint density at radius 1 is 1.00 bits per heavy atom. The van der Waals surface area contributed by atoms with E-state index in [9.17, 15) is 14.9 Å². The predicted octanol–water partition coefficient (Wildman–Crippen LogP) is 4.25. The van der Waals surface area contributed by atoms with Crippen molar-refractivity contribution in [3.05, 3.63) is 118 Å². The molecular formula is C30H25N3O6S. The van der Waals surface area contributed by atoms with Gasteiger partial charge in [-0.05, 0) is 53.8 Å². The number of aryl methyl sites for hydroxylation is 1. The van der Waals surface area contributed by atoms with E-state index < -0.39 is 4.92 Å². The summed E-state index contributed by atoms with van der Waals surface area (Å²) in [5.74, 6) is 1.29. The first-order valence-corrected chi connectivity index (χ1v) is 13.4. The van der Waals surface area contributed by atoms with Crippen LogP contribution in [0.25, 0.3) is 11.8 Å². The number of thiazole rings is 1. The van der Waals surface area contributed by atoms with E-state index in [1.165, 1.54) is 49.3 Å². The van der Waals surface area contributed by atoms with Crippen molar-refractivity contribution in [3.8, 4) is 17.2 Å². The topological polar surface area (TPSA) is 105 Å². The quantitative estimate of drug-likeness (QED) is 0.260. The molecule has 0 amide bonds. The van der Waals surface area contributed by atoms with Gasteiger partial charge in [-0.3, -0.25) is 19.5 Å². The van der Waals surface area contributed by atoms with E-state index in [1.807, 2.05) is 36.4 Å². The fourth-order valence-electron chi connectivity index (χ4n) is 5.41. The summed E-state index contributed by atoms with van der Waals surface area (Å²) in [5.41, 5.74) is 4.96. The van der Waals surface area contributed by atoms with Crippen molar-refractivity contribution in [2.45, 2.75) is 18.9 Å². The van der Waals surface area contributed by atoms with Gasteiger partial charge in [-0.25, -0.2) is 4.99 Å². The molecule has 1 aliphatic carbocycles. The molecule has 9 nitrogen and oxygen atoms in total. The highest BCUT2D eigenvalue weighted by Crippen LogP contribution is 2.41. The van der Waals surface area contributed by atoms with Crippen LogP contribution in [0.1, 0.15) is 34.7 Å². The summed E-state index contributed by atoms with van der Waals surface area (Å²) < 4.78 is 18.0. The second kappa shape index (κ2) is 10.1. The number of benzene rings is 3. The van der Waals surface area contributed by atoms with Crippen LogP contribution in [0.5, 0.6) is 17.2 Å². The van der Waals surface area contributed by atoms with Gasteiger partial charge < -0.3 is 14.2 Å². The minimum atomic E-state index is -0.499. The summed E-state index contributed by atoms with van der Waals surface area (Å²) >= 11 is 1.21. The van der Waals surface area contributed by atoms with Gasteiger partial charge in [-0.2, -0.15) is 0 Å². The normalized spacial score (nSPS) is 16.0. The smallest absolute Gasteiger partial charge is 0.280 e. The number of allylic oxidation sites excluding steroid dienone is 1. The number of hydrogen-bond donors (Lipinski definition) is 0. The van der Waals surface area contributed by atoms with Gasteiger partial charge in [0.15, 0.2) is 16.3 Å². The molecule has 202 valence electrons. The largest absolute Gasteiger partial charge is 0.497 e. The van der Waals surface area contributed by atoms with Crippen LogP contribution in [-0.2, 0) is 6.42 Å². The molecule has 0 fully saturated rings. The van der Waals surface area contributed by atoms with Crippen LogP contribution in [0.4, 0.5) is 5.69 Å². The Hall–Kier alpha value is -4.70. The summed E-state index contributed by atoms with van der Waals surface area (Å²) in [6.45, 7) is 0. The molecule has 2 heterocycles. The monoisotopic (exact) mass is 555 g/mol. The van der Waals surface area contributed by atoms with E-state index in [0.717, 1.165) is 41.0 Å². The minimum absolute atomic E-state index is 0.191. The van der Waals surface area contributed by atoms with Crippen molar-refractivity contribution in [2.24, 2.45) is 4.99 Å². The van der Waals surface area contributed by atoms with Gasteiger partial charge in [0.1, 0.15) is 5.75 Å². The van der Waals surface area contributed by atoms with E-state index in [1.54, 1.807) is 11.7 Å². The lowest BCUT2D eigenvalue weighted by atomic mass is 9.83. The molecular weight excluding hydrogens is 530 g/mol. The van der Waals surface area contributed by atoms with Crippen molar-refractivity contribution in [3.63, 3.8) is 0 Å². The molecule has 0 N–H and O–H groups in total. The van der Waals surface area contributed by atoms with E-state index in [2.05, 4.69) is 12.1 Å². The van der Waals surface area contributed by atoms with E-state index >= 15 is 0 Å². The lowest BCUT2D eigenvalue weighted by molar-refractivity contribution is -0.385. The number of rotatable bonds is 6. The highest BCUT2D eigenvalue weighted by atomic mass is 32.1. The molecule has 0 spiro atoms. The molecule has 2 aliphatic rings. The average molecular weight is 556 g/mol. The lowest BCUT2D eigenvalue weighted by Gasteiger charge is -2.30. The Labute approximate surface area is 233 Å². The lowest BCUT2D eigenvalue weighted by Crippen LogP contribution is -2.38. The zero-order chi connectivity index (χ0) is 28.0. The van der Waals surface area contributed by atoms with Crippen LogP contribution < -0.4 is 29.1 Å². The Kier molecular flexibility index (Phi) is 6.47. The third kappa shape index (κ3) is 4.17. The van der Waals surface area contributed by atoms with Crippen molar-refractivity contribution >= 4 is 28.8 Å². The highest BCUT2D eigenvalue weighted by Gasteiger charge is 2.32. The molecule has 0 saturated carbocycles. The summed E-state index contributed by atoms with van der Waals surface area (Å²) in [6, 6.07) is 18.4. The first-order valence-electron chi connectivity index (χ1n) is 12.6. The van der Waals surface area contributed by atoms with Gasteiger partial charge in [0.05, 0.1) is 54.2 Å². The maximum absolute atomic E-state index is 14.0. The number of aromatic nitrogens is 1. The van der Waals surface area contributed by atoms with Crippen LogP contribution in [0.3, 0.4) is 0 Å². The molecule has 0 unspecified atom stereocenters. The Morgan fingerprint density at radius 2 is 1.73 bits per heavy atom. The maximum Gasteiger partial charge on any atom is 0.280 e. The third-order valence-corrected chi connectivity index (χ3v) is 8.30. The number of nitro groups is 1. The molecule has 0 radical (unpaired) electrons. The van der Waals surface area contributed by atoms with Gasteiger partial charge in [-0.1, -0.05) is 47.7 Å². The number of fused-ring (bicyclic) bond motifs is 3. The van der Waals surface area contributed by atoms with Crippen molar-refractivity contribution in [1.29, 1.82) is 0 Å². The van der Waals surface area contributed by atoms with Gasteiger partial charge >= 0.3 is 0 Å². The summed E-state index contributed by atoms with van der Waals surface area (Å²) in [5, 5.41) is 11.9. The standard InChI is InChI=1S/C30H25N3O6S/c1-37-20-11-8-18(9-12-20)28-22-13-10-17-6-4-5-7-21(17)27(22)31-30-32(28)29(34)26(40-30)15-19-14-24(38-2)25(39-3)16-23(19)33(35)36/h4-9,11-12,14-16,28H,10,13H2,1-3H3/b26-15-/t28-/m0/s1. The second-order valence-corrected chi connectivity index (χ2v) is 10.4. The van der Waals surface area contributed by atoms with Gasteiger partial charge in [0, 0.05) is 5.56 Å². The van der Waals surface area contributed by atoms with Gasteiger partial charge in [0.25, 0.3) is 11.2 Å². The van der Waals surface area contributed by atoms with Crippen LogP contribution in [0.15, 0.2) is 76.0 Å². The fourth-order valence-corrected chi connectivity index (χ4v) is 6.40. The van der Waals surface area contributed by atoms with Gasteiger partial charge in [0.2, 0.25) is 0 Å². The van der Waals surface area contributed by atoms with E-state index in [-0.39, 0.29) is 28.6 Å². The second-order valence-electron chi connectivity index (χ2n) is 9.41. The molecule has 1 aromatic heterocycles. The molecule has 4 aromatic rings. The average Bonchev–Trinajstić information content (AvgIpc) is 3.29. The predicted molar refractivity (Wildman–Crippen MR) is 152 cm³/mol. The van der Waals surface area contributed by atoms with Crippen LogP contribution >= 0.6 is 11.3 Å². The fraction of sp³-hybridized carbons (Fsp3) is 0.200. The molecule has 0 bridgehead atoms. The molecule has 1 aliphatic heterocycles. The first kappa shape index (κ1) is 25.6. The summed E-state index contributed by atoms with van der Waals surface area (Å²) in [4.78, 5) is 31.0. The molecule has 10 heteroatoms. The van der Waals surface area contributed by atoms with E-state index in [4.69, 9.17) is 19.2 Å². The number of nitrogens with zero attached hydrogens (tertiary/aromatic N) is 3. The molecule has 0 saturated heterocycles. The Morgan fingerprint density at radius 3 is 2.42 bits per heavy atom. The molecule has 40 heavy (non-hydrogen) atoms. The van der Waals surface area contributed by atoms with Gasteiger partial charge in [-0.15, -0.1) is 0 Å². The van der Waals surface area contributed by atoms with Crippen molar-refractivity contribution in [2.75, 3.05) is 21.3 Å². The Bertz CT molecular complexity index is 1870. The summed E-state index contributed by atoms with van der Waals surface area (Å²) in [6.07, 6.45) is 3.14. The molecule has 6 rings (SSSR count).